The molecule has 1 heterocycles. The lowest BCUT2D eigenvalue weighted by Crippen LogP contribution is -2.45. The van der Waals surface area contributed by atoms with E-state index in [-0.39, 0.29) is 12.2 Å². The molecular weight excluding hydrogens is 630 g/mol. The van der Waals surface area contributed by atoms with Gasteiger partial charge in [-0.05, 0) is 83.4 Å². The Hall–Kier alpha value is -4.42. The summed E-state index contributed by atoms with van der Waals surface area (Å²) in [6, 6.07) is 10.1. The quantitative estimate of drug-likeness (QED) is 0.181. The Bertz CT molecular complexity index is 1530. The number of aryl methyl sites for hydroxylation is 2. The predicted molar refractivity (Wildman–Crippen MR) is 163 cm³/mol. The number of carbonyl (C=O) groups is 3. The van der Waals surface area contributed by atoms with Crippen LogP contribution in [0.15, 0.2) is 54.7 Å². The number of carbonyl (C=O) groups excluding carboxylic acids is 3. The second kappa shape index (κ2) is 15.9. The Kier molecular flexibility index (Phi) is 13.1. The van der Waals surface area contributed by atoms with Crippen LogP contribution in [-0.2, 0) is 32.8 Å². The molecule has 0 saturated carbocycles. The van der Waals surface area contributed by atoms with Gasteiger partial charge >= 0.3 is 18.2 Å². The van der Waals surface area contributed by atoms with E-state index in [0.717, 1.165) is 37.2 Å². The van der Waals surface area contributed by atoms with E-state index in [1.807, 2.05) is 31.2 Å². The van der Waals surface area contributed by atoms with E-state index in [1.54, 1.807) is 20.8 Å². The highest BCUT2D eigenvalue weighted by Gasteiger charge is 2.39. The number of alkyl halides is 5. The summed E-state index contributed by atoms with van der Waals surface area (Å²) in [7, 11) is 0. The van der Waals surface area contributed by atoms with Crippen molar-refractivity contribution in [3.05, 3.63) is 88.4 Å². The first-order valence-corrected chi connectivity index (χ1v) is 14.7. The maximum absolute atomic E-state index is 14.8. The van der Waals surface area contributed by atoms with Crippen LogP contribution in [0.4, 0.5) is 31.1 Å². The Morgan fingerprint density at radius 3 is 2.02 bits per heavy atom. The monoisotopic (exact) mass is 668 g/mol. The molecule has 13 heteroatoms. The first-order chi connectivity index (χ1) is 21.7. The molecule has 3 aromatic rings. The zero-order chi connectivity index (χ0) is 35.7. The Morgan fingerprint density at radius 1 is 0.936 bits per heavy atom. The summed E-state index contributed by atoms with van der Waals surface area (Å²) >= 11 is 0. The third-order valence-corrected chi connectivity index (χ3v) is 6.59. The number of ether oxygens (including phenoxy) is 2. The lowest BCUT2D eigenvalue weighted by Gasteiger charge is -2.26. The summed E-state index contributed by atoms with van der Waals surface area (Å²) in [5, 5.41) is 2.12. The molecule has 0 fully saturated rings. The van der Waals surface area contributed by atoms with E-state index in [9.17, 15) is 40.7 Å². The molecular formula is C34H38F6N2O5. The molecule has 0 aliphatic rings. The van der Waals surface area contributed by atoms with E-state index >= 15 is 0 Å². The summed E-state index contributed by atoms with van der Waals surface area (Å²) in [5.74, 6) is -6.50. The molecule has 0 saturated heterocycles. The summed E-state index contributed by atoms with van der Waals surface area (Å²) in [6.45, 7) is 10.7. The highest BCUT2D eigenvalue weighted by molar-refractivity contribution is 5.90. The van der Waals surface area contributed by atoms with Crippen molar-refractivity contribution in [2.24, 2.45) is 0 Å². The zero-order valence-corrected chi connectivity index (χ0v) is 27.2. The number of aromatic nitrogens is 1. The molecule has 0 radical (unpaired) electrons. The fraction of sp³-hybridized carbons (Fsp3) is 0.412. The van der Waals surface area contributed by atoms with Crippen molar-refractivity contribution >= 4 is 17.8 Å². The molecule has 0 aliphatic heterocycles. The molecule has 1 aromatic heterocycles. The van der Waals surface area contributed by atoms with Gasteiger partial charge in [0.25, 0.3) is 5.92 Å². The van der Waals surface area contributed by atoms with Gasteiger partial charge in [-0.1, -0.05) is 31.2 Å². The molecule has 3 rings (SSSR count). The zero-order valence-electron chi connectivity index (χ0n) is 27.2. The Balaban J connectivity index is 0.000000363. The van der Waals surface area contributed by atoms with E-state index in [2.05, 4.69) is 10.3 Å². The number of Topliss-reactive ketones (excluding diaryl/α,β-unsaturated/α-hetero) is 1. The Labute approximate surface area is 269 Å². The SMILES string of the molecule is CCOC(=O)c1cc(C)c(C(F)(F)CC(NC(=O)OC(C)(C)C)C(C)=O)cc1F.CCc1ccc(-c2ccc(C(F)(F)F)cn2)cc1. The van der Waals surface area contributed by atoms with E-state index in [4.69, 9.17) is 9.47 Å². The molecule has 0 spiro atoms. The van der Waals surface area contributed by atoms with E-state index in [1.165, 1.54) is 25.5 Å². The molecule has 1 atom stereocenters. The van der Waals surface area contributed by atoms with Crippen molar-refractivity contribution in [1.82, 2.24) is 10.3 Å². The van der Waals surface area contributed by atoms with Crippen molar-refractivity contribution in [1.29, 1.82) is 0 Å². The van der Waals surface area contributed by atoms with Crippen LogP contribution in [0, 0.1) is 12.7 Å². The maximum atomic E-state index is 14.8. The molecule has 256 valence electrons. The highest BCUT2D eigenvalue weighted by atomic mass is 19.4. The van der Waals surface area contributed by atoms with Crippen molar-refractivity contribution in [2.45, 2.75) is 85.0 Å². The lowest BCUT2D eigenvalue weighted by molar-refractivity contribution is -0.137. The highest BCUT2D eigenvalue weighted by Crippen LogP contribution is 2.36. The van der Waals surface area contributed by atoms with Gasteiger partial charge in [-0.2, -0.15) is 13.2 Å². The van der Waals surface area contributed by atoms with Gasteiger partial charge in [0.2, 0.25) is 0 Å². The normalized spacial score (nSPS) is 12.4. The van der Waals surface area contributed by atoms with Crippen LogP contribution < -0.4 is 5.32 Å². The lowest BCUT2D eigenvalue weighted by atomic mass is 9.94. The third kappa shape index (κ3) is 11.7. The van der Waals surface area contributed by atoms with Crippen LogP contribution >= 0.6 is 0 Å². The number of halogens is 6. The van der Waals surface area contributed by atoms with Gasteiger partial charge in [-0.15, -0.1) is 0 Å². The predicted octanol–water partition coefficient (Wildman–Crippen LogP) is 8.60. The number of hydrogen-bond donors (Lipinski definition) is 1. The summed E-state index contributed by atoms with van der Waals surface area (Å²) in [6.07, 6.45) is -4.66. The fourth-order valence-corrected chi connectivity index (χ4v) is 4.20. The maximum Gasteiger partial charge on any atom is 0.417 e. The van der Waals surface area contributed by atoms with Crippen LogP contribution in [0.3, 0.4) is 0 Å². The number of amides is 1. The number of nitrogens with one attached hydrogen (secondary N) is 1. The molecule has 1 unspecified atom stereocenters. The van der Waals surface area contributed by atoms with E-state index < -0.39 is 70.5 Å². The minimum Gasteiger partial charge on any atom is -0.462 e. The van der Waals surface area contributed by atoms with Gasteiger partial charge in [-0.3, -0.25) is 9.78 Å². The number of rotatable bonds is 9. The molecule has 7 nitrogen and oxygen atoms in total. The largest absolute Gasteiger partial charge is 0.462 e. The number of esters is 1. The van der Waals surface area contributed by atoms with Gasteiger partial charge in [-0.25, -0.2) is 22.8 Å². The summed E-state index contributed by atoms with van der Waals surface area (Å²) in [4.78, 5) is 39.2. The second-order valence-corrected chi connectivity index (χ2v) is 11.6. The average Bonchev–Trinajstić information content (AvgIpc) is 2.96. The molecule has 1 amide bonds. The van der Waals surface area contributed by atoms with Crippen LogP contribution in [-0.4, -0.2) is 41.1 Å². The van der Waals surface area contributed by atoms with Crippen molar-refractivity contribution in [3.63, 3.8) is 0 Å². The molecule has 1 N–H and O–H groups in total. The van der Waals surface area contributed by atoms with Gasteiger partial charge in [0.05, 0.1) is 29.5 Å². The topological polar surface area (TPSA) is 94.6 Å². The number of nitrogens with zero attached hydrogens (tertiary/aromatic N) is 1. The Morgan fingerprint density at radius 2 is 1.55 bits per heavy atom. The molecule has 47 heavy (non-hydrogen) atoms. The van der Waals surface area contributed by atoms with Gasteiger partial charge < -0.3 is 14.8 Å². The number of ketones is 1. The number of alkyl carbamates (subject to hydrolysis) is 1. The average molecular weight is 669 g/mol. The minimum absolute atomic E-state index is 0.00581. The van der Waals surface area contributed by atoms with Gasteiger partial charge in [0.1, 0.15) is 11.4 Å². The second-order valence-electron chi connectivity index (χ2n) is 11.6. The van der Waals surface area contributed by atoms with Crippen molar-refractivity contribution in [3.8, 4) is 11.3 Å². The fourth-order valence-electron chi connectivity index (χ4n) is 4.20. The number of pyridine rings is 1. The van der Waals surface area contributed by atoms with Gasteiger partial charge in [0, 0.05) is 23.7 Å². The standard InChI is InChI=1S/C20H26F3NO5.C14H12F3N/c1-7-28-17(26)13-8-11(2)14(9-15(13)21)20(22,23)10-16(12(3)25)24-18(27)29-19(4,5)6;1-2-10-3-5-11(6-4-10)13-8-7-12(9-18-13)14(15,16)17/h8-9,16H,7,10H2,1-6H3,(H,24,27);3-9H,2H2,1H3. The molecule has 0 aliphatic carbocycles. The van der Waals surface area contributed by atoms with E-state index in [0.29, 0.717) is 11.8 Å². The van der Waals surface area contributed by atoms with Crippen LogP contribution in [0.2, 0.25) is 0 Å². The van der Waals surface area contributed by atoms with Gasteiger partial charge in [0.15, 0.2) is 5.78 Å². The van der Waals surface area contributed by atoms with Crippen molar-refractivity contribution < 1.29 is 50.2 Å². The number of benzene rings is 2. The minimum atomic E-state index is -4.34. The van der Waals surface area contributed by atoms with Crippen molar-refractivity contribution in [2.75, 3.05) is 6.61 Å². The number of hydrogen-bond acceptors (Lipinski definition) is 6. The molecule has 0 bridgehead atoms. The summed E-state index contributed by atoms with van der Waals surface area (Å²) in [5.41, 5.74) is -0.261. The summed E-state index contributed by atoms with van der Waals surface area (Å²) < 4.78 is 90.8. The first-order valence-electron chi connectivity index (χ1n) is 14.7. The van der Waals surface area contributed by atoms with Crippen LogP contribution in [0.1, 0.15) is 80.6 Å². The first kappa shape index (κ1) is 38.8. The smallest absolute Gasteiger partial charge is 0.417 e. The molecule has 2 aromatic carbocycles. The van der Waals surface area contributed by atoms with Crippen LogP contribution in [0.25, 0.3) is 11.3 Å². The van der Waals surface area contributed by atoms with Crippen LogP contribution in [0.5, 0.6) is 0 Å². The third-order valence-electron chi connectivity index (χ3n) is 6.59.